The molecule has 4 nitrogen and oxygen atoms in total. The minimum atomic E-state index is -0.782. The number of carboxylic acid groups (broad SMARTS) is 1. The first-order chi connectivity index (χ1) is 6.02. The van der Waals surface area contributed by atoms with Crippen molar-refractivity contribution in [2.24, 2.45) is 0 Å². The quantitative estimate of drug-likeness (QED) is 0.513. The molecular formula is C9H19NO3. The van der Waals surface area contributed by atoms with Crippen molar-refractivity contribution >= 4 is 5.97 Å². The molecule has 0 aliphatic heterocycles. The van der Waals surface area contributed by atoms with Gasteiger partial charge in [0.1, 0.15) is 0 Å². The van der Waals surface area contributed by atoms with Crippen molar-refractivity contribution in [2.45, 2.75) is 45.3 Å². The molecule has 0 aliphatic rings. The third-order valence-electron chi connectivity index (χ3n) is 1.77. The van der Waals surface area contributed by atoms with E-state index in [0.29, 0.717) is 0 Å². The molecule has 0 spiro atoms. The maximum atomic E-state index is 10.3. The van der Waals surface area contributed by atoms with Gasteiger partial charge in [0.15, 0.2) is 0 Å². The van der Waals surface area contributed by atoms with Crippen LogP contribution >= 0.6 is 0 Å². The molecule has 13 heavy (non-hydrogen) atoms. The van der Waals surface area contributed by atoms with Crippen LogP contribution in [0, 0.1) is 0 Å². The summed E-state index contributed by atoms with van der Waals surface area (Å²) in [5, 5.41) is 20.5. The van der Waals surface area contributed by atoms with Gasteiger partial charge in [-0.15, -0.1) is 0 Å². The lowest BCUT2D eigenvalue weighted by Gasteiger charge is -2.11. The summed E-state index contributed by atoms with van der Waals surface area (Å²) in [6.45, 7) is 4.36. The Balaban J connectivity index is 3.26. The molecule has 0 bridgehead atoms. The fourth-order valence-corrected chi connectivity index (χ4v) is 1.08. The van der Waals surface area contributed by atoms with E-state index in [1.54, 1.807) is 6.92 Å². The van der Waals surface area contributed by atoms with E-state index in [1.807, 2.05) is 6.92 Å². The average Bonchev–Trinajstić information content (AvgIpc) is 1.96. The van der Waals surface area contributed by atoms with Gasteiger partial charge < -0.3 is 15.5 Å². The summed E-state index contributed by atoms with van der Waals surface area (Å²) in [7, 11) is 0. The zero-order valence-electron chi connectivity index (χ0n) is 8.29. The molecule has 0 saturated carbocycles. The normalized spacial score (nSPS) is 15.3. The highest BCUT2D eigenvalue weighted by Gasteiger charge is 2.05. The summed E-state index contributed by atoms with van der Waals surface area (Å²) in [6, 6.07) is 0.00602. The first-order valence-electron chi connectivity index (χ1n) is 4.65. The SMILES string of the molecule is CC(O)CCCNC(C)CC(=O)O. The lowest BCUT2D eigenvalue weighted by molar-refractivity contribution is -0.137. The van der Waals surface area contributed by atoms with Gasteiger partial charge in [-0.1, -0.05) is 0 Å². The second-order valence-corrected chi connectivity index (χ2v) is 3.44. The largest absolute Gasteiger partial charge is 0.481 e. The molecule has 0 fully saturated rings. The molecule has 2 unspecified atom stereocenters. The predicted molar refractivity (Wildman–Crippen MR) is 50.6 cm³/mol. The molecule has 0 aliphatic carbocycles. The minimum absolute atomic E-state index is 0.00602. The van der Waals surface area contributed by atoms with E-state index in [9.17, 15) is 4.79 Å². The second kappa shape index (κ2) is 6.86. The standard InChI is InChI=1S/C9H19NO3/c1-7(6-9(12)13)10-5-3-4-8(2)11/h7-8,10-11H,3-6H2,1-2H3,(H,12,13). The highest BCUT2D eigenvalue weighted by molar-refractivity contribution is 5.67. The maximum absolute atomic E-state index is 10.3. The number of nitrogens with one attached hydrogen (secondary N) is 1. The van der Waals surface area contributed by atoms with E-state index in [-0.39, 0.29) is 18.6 Å². The Morgan fingerprint density at radius 3 is 2.54 bits per heavy atom. The Kier molecular flexibility index (Phi) is 6.54. The van der Waals surface area contributed by atoms with E-state index >= 15 is 0 Å². The Labute approximate surface area is 79.0 Å². The fourth-order valence-electron chi connectivity index (χ4n) is 1.08. The molecule has 0 rings (SSSR count). The van der Waals surface area contributed by atoms with Crippen molar-refractivity contribution in [1.29, 1.82) is 0 Å². The van der Waals surface area contributed by atoms with Gasteiger partial charge >= 0.3 is 5.97 Å². The van der Waals surface area contributed by atoms with E-state index in [1.165, 1.54) is 0 Å². The molecule has 3 N–H and O–H groups in total. The van der Waals surface area contributed by atoms with Crippen LogP contribution in [-0.2, 0) is 4.79 Å². The third-order valence-corrected chi connectivity index (χ3v) is 1.77. The van der Waals surface area contributed by atoms with Gasteiger partial charge in [0, 0.05) is 6.04 Å². The fraction of sp³-hybridized carbons (Fsp3) is 0.889. The number of hydrogen-bond acceptors (Lipinski definition) is 3. The van der Waals surface area contributed by atoms with Crippen LogP contribution in [0.2, 0.25) is 0 Å². The van der Waals surface area contributed by atoms with E-state index in [2.05, 4.69) is 5.32 Å². The summed E-state index contributed by atoms with van der Waals surface area (Å²) < 4.78 is 0. The van der Waals surface area contributed by atoms with Gasteiger partial charge in [0.25, 0.3) is 0 Å². The number of carbonyl (C=O) groups is 1. The van der Waals surface area contributed by atoms with Crippen LogP contribution in [0.15, 0.2) is 0 Å². The molecule has 4 heteroatoms. The Bertz CT molecular complexity index is 148. The summed E-state index contributed by atoms with van der Waals surface area (Å²) in [5.74, 6) is -0.782. The van der Waals surface area contributed by atoms with E-state index < -0.39 is 5.97 Å². The topological polar surface area (TPSA) is 69.6 Å². The molecule has 0 heterocycles. The zero-order valence-corrected chi connectivity index (χ0v) is 8.29. The number of rotatable bonds is 7. The highest BCUT2D eigenvalue weighted by atomic mass is 16.4. The molecule has 78 valence electrons. The lowest BCUT2D eigenvalue weighted by Crippen LogP contribution is -2.29. The van der Waals surface area contributed by atoms with Crippen LogP contribution in [0.3, 0.4) is 0 Å². The molecule has 0 amide bonds. The molecule has 0 radical (unpaired) electrons. The van der Waals surface area contributed by atoms with E-state index in [0.717, 1.165) is 19.4 Å². The van der Waals surface area contributed by atoms with Crippen molar-refractivity contribution in [3.63, 3.8) is 0 Å². The number of aliphatic hydroxyl groups is 1. The highest BCUT2D eigenvalue weighted by Crippen LogP contribution is 1.95. The van der Waals surface area contributed by atoms with Crippen LogP contribution in [0.4, 0.5) is 0 Å². The van der Waals surface area contributed by atoms with Crippen molar-refractivity contribution in [2.75, 3.05) is 6.54 Å². The first-order valence-corrected chi connectivity index (χ1v) is 4.65. The molecule has 0 aromatic heterocycles. The molecule has 0 aromatic carbocycles. The third kappa shape index (κ3) is 9.30. The smallest absolute Gasteiger partial charge is 0.304 e. The minimum Gasteiger partial charge on any atom is -0.481 e. The summed E-state index contributed by atoms with van der Waals surface area (Å²) in [4.78, 5) is 10.3. The molecule has 0 saturated heterocycles. The maximum Gasteiger partial charge on any atom is 0.304 e. The molecular weight excluding hydrogens is 170 g/mol. The van der Waals surface area contributed by atoms with Gasteiger partial charge in [0.2, 0.25) is 0 Å². The van der Waals surface area contributed by atoms with E-state index in [4.69, 9.17) is 10.2 Å². The Hall–Kier alpha value is -0.610. The molecule has 2 atom stereocenters. The van der Waals surface area contributed by atoms with Crippen LogP contribution in [0.25, 0.3) is 0 Å². The second-order valence-electron chi connectivity index (χ2n) is 3.44. The summed E-state index contributed by atoms with van der Waals surface area (Å²) in [6.07, 6.45) is 1.51. The van der Waals surface area contributed by atoms with Crippen molar-refractivity contribution < 1.29 is 15.0 Å². The van der Waals surface area contributed by atoms with Crippen molar-refractivity contribution in [1.82, 2.24) is 5.32 Å². The lowest BCUT2D eigenvalue weighted by atomic mass is 10.2. The number of hydrogen-bond donors (Lipinski definition) is 3. The summed E-state index contributed by atoms with van der Waals surface area (Å²) in [5.41, 5.74) is 0. The van der Waals surface area contributed by atoms with Crippen molar-refractivity contribution in [3.05, 3.63) is 0 Å². The molecule has 0 aromatic rings. The summed E-state index contributed by atoms with van der Waals surface area (Å²) >= 11 is 0. The first kappa shape index (κ1) is 12.4. The number of aliphatic carboxylic acids is 1. The Morgan fingerprint density at radius 1 is 1.46 bits per heavy atom. The van der Waals surface area contributed by atoms with Crippen LogP contribution < -0.4 is 5.32 Å². The van der Waals surface area contributed by atoms with Gasteiger partial charge in [0.05, 0.1) is 12.5 Å². The zero-order chi connectivity index (χ0) is 10.3. The van der Waals surface area contributed by atoms with Crippen LogP contribution in [-0.4, -0.2) is 34.9 Å². The van der Waals surface area contributed by atoms with Crippen molar-refractivity contribution in [3.8, 4) is 0 Å². The van der Waals surface area contributed by atoms with Crippen LogP contribution in [0.5, 0.6) is 0 Å². The van der Waals surface area contributed by atoms with Gasteiger partial charge in [-0.05, 0) is 33.2 Å². The van der Waals surface area contributed by atoms with Gasteiger partial charge in [-0.2, -0.15) is 0 Å². The number of carboxylic acids is 1. The average molecular weight is 189 g/mol. The Morgan fingerprint density at radius 2 is 2.08 bits per heavy atom. The van der Waals surface area contributed by atoms with Gasteiger partial charge in [-0.25, -0.2) is 0 Å². The predicted octanol–water partition coefficient (Wildman–Crippen LogP) is 0.600. The monoisotopic (exact) mass is 189 g/mol. The number of aliphatic hydroxyl groups excluding tert-OH is 1. The van der Waals surface area contributed by atoms with Crippen LogP contribution in [0.1, 0.15) is 33.1 Å². The van der Waals surface area contributed by atoms with Gasteiger partial charge in [-0.3, -0.25) is 4.79 Å².